The van der Waals surface area contributed by atoms with Crippen LogP contribution in [0.3, 0.4) is 0 Å². The van der Waals surface area contributed by atoms with E-state index in [2.05, 4.69) is 5.16 Å². The minimum atomic E-state index is -3.61. The molecule has 0 N–H and O–H groups in total. The van der Waals surface area contributed by atoms with Crippen molar-refractivity contribution in [3.63, 3.8) is 0 Å². The van der Waals surface area contributed by atoms with Crippen LogP contribution in [0.15, 0.2) is 39.8 Å². The van der Waals surface area contributed by atoms with E-state index in [9.17, 15) is 8.42 Å². The molecule has 0 radical (unpaired) electrons. The Balaban J connectivity index is 2.22. The van der Waals surface area contributed by atoms with Gasteiger partial charge in [0, 0.05) is 13.1 Å². The van der Waals surface area contributed by atoms with Crippen molar-refractivity contribution < 1.29 is 12.9 Å². The van der Waals surface area contributed by atoms with E-state index in [-0.39, 0.29) is 11.4 Å². The van der Waals surface area contributed by atoms with Crippen LogP contribution in [-0.4, -0.2) is 24.9 Å². The van der Waals surface area contributed by atoms with E-state index >= 15 is 0 Å². The summed E-state index contributed by atoms with van der Waals surface area (Å²) in [5.41, 5.74) is 0.959. The Bertz CT molecular complexity index is 742. The zero-order valence-electron chi connectivity index (χ0n) is 11.1. The van der Waals surface area contributed by atoms with E-state index in [1.165, 1.54) is 35.6 Å². The monoisotopic (exact) mass is 291 g/mol. The lowest BCUT2D eigenvalue weighted by Gasteiger charge is -2.15. The number of benzene rings is 1. The summed E-state index contributed by atoms with van der Waals surface area (Å²) in [5, 5.41) is 12.5. The number of nitrogens with zero attached hydrogens (tertiary/aromatic N) is 3. The summed E-state index contributed by atoms with van der Waals surface area (Å²) < 4.78 is 30.7. The molecule has 0 saturated carbocycles. The molecule has 1 aromatic carbocycles. The molecule has 6 nitrogen and oxygen atoms in total. The lowest BCUT2D eigenvalue weighted by molar-refractivity contribution is 0.378. The third-order valence-electron chi connectivity index (χ3n) is 2.75. The van der Waals surface area contributed by atoms with Gasteiger partial charge in [-0.15, -0.1) is 0 Å². The first-order valence-electron chi connectivity index (χ1n) is 5.82. The average molecular weight is 291 g/mol. The minimum Gasteiger partial charge on any atom is -0.361 e. The molecule has 104 valence electrons. The van der Waals surface area contributed by atoms with Gasteiger partial charge in [-0.25, -0.2) is 8.42 Å². The molecule has 2 aromatic rings. The van der Waals surface area contributed by atoms with Gasteiger partial charge in [-0.3, -0.25) is 0 Å². The molecule has 1 heterocycles. The van der Waals surface area contributed by atoms with Crippen LogP contribution in [0.25, 0.3) is 0 Å². The number of aryl methyl sites for hydroxylation is 1. The lowest BCUT2D eigenvalue weighted by Crippen LogP contribution is -2.26. The second-order valence-corrected chi connectivity index (χ2v) is 6.37. The molecule has 0 unspecified atom stereocenters. The highest BCUT2D eigenvalue weighted by molar-refractivity contribution is 7.89. The Morgan fingerprint density at radius 2 is 2.00 bits per heavy atom. The Hall–Kier alpha value is -2.17. The number of rotatable bonds is 4. The van der Waals surface area contributed by atoms with Crippen LogP contribution in [0.4, 0.5) is 0 Å². The van der Waals surface area contributed by atoms with E-state index in [1.54, 1.807) is 13.0 Å². The molecular formula is C13H13N3O3S. The fourth-order valence-corrected chi connectivity index (χ4v) is 2.83. The first kappa shape index (κ1) is 14.2. The smallest absolute Gasteiger partial charge is 0.243 e. The molecule has 0 aliphatic heterocycles. The van der Waals surface area contributed by atoms with E-state index in [1.807, 2.05) is 6.07 Å². The first-order chi connectivity index (χ1) is 9.43. The average Bonchev–Trinajstić information content (AvgIpc) is 2.84. The van der Waals surface area contributed by atoms with Crippen LogP contribution < -0.4 is 0 Å². The summed E-state index contributed by atoms with van der Waals surface area (Å²) in [6.07, 6.45) is 0. The van der Waals surface area contributed by atoms with Gasteiger partial charge >= 0.3 is 0 Å². The Labute approximate surface area is 117 Å². The summed E-state index contributed by atoms with van der Waals surface area (Å²) in [7, 11) is -2.14. The fourth-order valence-electron chi connectivity index (χ4n) is 1.69. The lowest BCUT2D eigenvalue weighted by atomic mass is 10.2. The van der Waals surface area contributed by atoms with Crippen molar-refractivity contribution in [3.8, 4) is 6.07 Å². The van der Waals surface area contributed by atoms with Gasteiger partial charge in [-0.1, -0.05) is 5.16 Å². The second-order valence-electron chi connectivity index (χ2n) is 4.33. The van der Waals surface area contributed by atoms with Gasteiger partial charge in [-0.05, 0) is 31.2 Å². The second kappa shape index (κ2) is 5.45. The van der Waals surface area contributed by atoms with Crippen molar-refractivity contribution >= 4 is 10.0 Å². The summed E-state index contributed by atoms with van der Waals surface area (Å²) in [6, 6.07) is 9.41. The Morgan fingerprint density at radius 1 is 1.35 bits per heavy atom. The normalized spacial score (nSPS) is 11.5. The standard InChI is InChI=1S/C13H13N3O3S/c1-10-7-12(15-19-10)9-16(2)20(17,18)13-5-3-11(8-14)4-6-13/h3-7H,9H2,1-2H3. The molecule has 0 saturated heterocycles. The molecule has 0 atom stereocenters. The molecule has 7 heteroatoms. The van der Waals surface area contributed by atoms with Gasteiger partial charge in [0.25, 0.3) is 0 Å². The molecule has 1 aromatic heterocycles. The number of sulfonamides is 1. The SMILES string of the molecule is Cc1cc(CN(C)S(=O)(=O)c2ccc(C#N)cc2)no1. The molecule has 0 aliphatic carbocycles. The topological polar surface area (TPSA) is 87.2 Å². The molecule has 0 bridgehead atoms. The van der Waals surface area contributed by atoms with E-state index in [0.29, 0.717) is 17.0 Å². The maximum Gasteiger partial charge on any atom is 0.243 e. The number of hydrogen-bond acceptors (Lipinski definition) is 5. The van der Waals surface area contributed by atoms with Crippen molar-refractivity contribution in [2.24, 2.45) is 0 Å². The minimum absolute atomic E-state index is 0.125. The molecule has 20 heavy (non-hydrogen) atoms. The molecule has 0 amide bonds. The molecule has 2 rings (SSSR count). The van der Waals surface area contributed by atoms with E-state index in [0.717, 1.165) is 0 Å². The maximum absolute atomic E-state index is 12.3. The third kappa shape index (κ3) is 2.87. The fraction of sp³-hybridized carbons (Fsp3) is 0.231. The summed E-state index contributed by atoms with van der Waals surface area (Å²) >= 11 is 0. The largest absolute Gasteiger partial charge is 0.361 e. The van der Waals surface area contributed by atoms with Crippen molar-refractivity contribution in [1.82, 2.24) is 9.46 Å². The highest BCUT2D eigenvalue weighted by Crippen LogP contribution is 2.17. The summed E-state index contributed by atoms with van der Waals surface area (Å²) in [5.74, 6) is 0.629. The van der Waals surface area contributed by atoms with Crippen molar-refractivity contribution in [1.29, 1.82) is 5.26 Å². The third-order valence-corrected chi connectivity index (χ3v) is 4.57. The number of nitriles is 1. The summed E-state index contributed by atoms with van der Waals surface area (Å²) in [4.78, 5) is 0.138. The predicted octanol–water partition coefficient (Wildman–Crippen LogP) is 1.68. The van der Waals surface area contributed by atoms with E-state index in [4.69, 9.17) is 9.78 Å². The number of aromatic nitrogens is 1. The zero-order chi connectivity index (χ0) is 14.8. The number of hydrogen-bond donors (Lipinski definition) is 0. The quantitative estimate of drug-likeness (QED) is 0.855. The van der Waals surface area contributed by atoms with Crippen LogP contribution in [0.1, 0.15) is 17.0 Å². The molecule has 0 spiro atoms. The van der Waals surface area contributed by atoms with E-state index < -0.39 is 10.0 Å². The van der Waals surface area contributed by atoms with Crippen molar-refractivity contribution in [2.45, 2.75) is 18.4 Å². The van der Waals surface area contributed by atoms with Crippen LogP contribution in [-0.2, 0) is 16.6 Å². The van der Waals surface area contributed by atoms with Gasteiger partial charge in [-0.2, -0.15) is 9.57 Å². The Morgan fingerprint density at radius 3 is 2.50 bits per heavy atom. The van der Waals surface area contributed by atoms with Crippen molar-refractivity contribution in [2.75, 3.05) is 7.05 Å². The molecule has 0 fully saturated rings. The van der Waals surface area contributed by atoms with Gasteiger partial charge in [0.15, 0.2) is 0 Å². The first-order valence-corrected chi connectivity index (χ1v) is 7.26. The van der Waals surface area contributed by atoms with Gasteiger partial charge < -0.3 is 4.52 Å². The Kier molecular flexibility index (Phi) is 3.88. The highest BCUT2D eigenvalue weighted by atomic mass is 32.2. The van der Waals surface area contributed by atoms with Crippen LogP contribution in [0.5, 0.6) is 0 Å². The van der Waals surface area contributed by atoms with Gasteiger partial charge in [0.2, 0.25) is 10.0 Å². The van der Waals surface area contributed by atoms with Crippen LogP contribution in [0.2, 0.25) is 0 Å². The maximum atomic E-state index is 12.3. The zero-order valence-corrected chi connectivity index (χ0v) is 11.9. The molecular weight excluding hydrogens is 278 g/mol. The summed E-state index contributed by atoms with van der Waals surface area (Å²) in [6.45, 7) is 1.87. The van der Waals surface area contributed by atoms with Crippen LogP contribution in [0, 0.1) is 18.3 Å². The van der Waals surface area contributed by atoms with Gasteiger partial charge in [0.05, 0.1) is 28.8 Å². The molecule has 0 aliphatic rings. The highest BCUT2D eigenvalue weighted by Gasteiger charge is 2.21. The predicted molar refractivity (Wildman–Crippen MR) is 71.0 cm³/mol. The van der Waals surface area contributed by atoms with Gasteiger partial charge in [0.1, 0.15) is 5.76 Å². The van der Waals surface area contributed by atoms with Crippen LogP contribution >= 0.6 is 0 Å². The van der Waals surface area contributed by atoms with Crippen molar-refractivity contribution in [3.05, 3.63) is 47.3 Å².